The molecule has 0 saturated heterocycles. The van der Waals surface area contributed by atoms with Gasteiger partial charge in [-0.1, -0.05) is 18.2 Å². The maximum absolute atomic E-state index is 12.0. The molecule has 5 nitrogen and oxygen atoms in total. The van der Waals surface area contributed by atoms with E-state index in [4.69, 9.17) is 16.3 Å². The van der Waals surface area contributed by atoms with E-state index in [1.54, 1.807) is 0 Å². The monoisotopic (exact) mass is 282 g/mol. The van der Waals surface area contributed by atoms with Gasteiger partial charge in [-0.2, -0.15) is 0 Å². The molecule has 0 saturated carbocycles. The fourth-order valence-electron chi connectivity index (χ4n) is 1.78. The molecule has 0 radical (unpaired) electrons. The maximum atomic E-state index is 12.0. The summed E-state index contributed by atoms with van der Waals surface area (Å²) >= 11 is 5.62. The molecule has 3 amide bonds. The van der Waals surface area contributed by atoms with Gasteiger partial charge < -0.3 is 9.64 Å². The zero-order valence-corrected chi connectivity index (χ0v) is 11.3. The summed E-state index contributed by atoms with van der Waals surface area (Å²) in [6, 6.07) is 7.08. The normalized spacial score (nSPS) is 15.8. The molecule has 0 fully saturated rings. The molecule has 1 aliphatic heterocycles. The number of urea groups is 1. The van der Waals surface area contributed by atoms with E-state index in [0.717, 1.165) is 11.3 Å². The van der Waals surface area contributed by atoms with Gasteiger partial charge in [0.25, 0.3) is 0 Å². The van der Waals surface area contributed by atoms with Crippen LogP contribution in [0, 0.1) is 0 Å². The molecule has 1 aliphatic rings. The van der Waals surface area contributed by atoms with Gasteiger partial charge >= 0.3 is 6.03 Å². The summed E-state index contributed by atoms with van der Waals surface area (Å²) in [4.78, 5) is 24.9. The van der Waals surface area contributed by atoms with E-state index in [-0.39, 0.29) is 0 Å². The number of nitrogens with zero attached hydrogens (tertiary/aromatic N) is 1. The minimum Gasteiger partial charge on any atom is -0.491 e. The summed E-state index contributed by atoms with van der Waals surface area (Å²) in [6.45, 7) is 2.75. The maximum Gasteiger partial charge on any atom is 0.324 e. The number of carbonyl (C=O) groups excluding carboxylic acids is 2. The Morgan fingerprint density at radius 3 is 2.89 bits per heavy atom. The van der Waals surface area contributed by atoms with Crippen LogP contribution in [0.2, 0.25) is 0 Å². The number of rotatable bonds is 1. The number of hydrogen-bond acceptors (Lipinski definition) is 3. The van der Waals surface area contributed by atoms with Crippen molar-refractivity contribution in [3.8, 4) is 5.75 Å². The van der Waals surface area contributed by atoms with Crippen LogP contribution < -0.4 is 10.1 Å². The van der Waals surface area contributed by atoms with E-state index in [9.17, 15) is 9.59 Å². The molecule has 1 atom stereocenters. The Bertz CT molecular complexity index is 491. The Hall–Kier alpha value is -1.75. The number of carbonyl (C=O) groups is 2. The highest BCUT2D eigenvalue weighted by Crippen LogP contribution is 2.22. The SMILES string of the molecule is CC(Cl)C(=O)NC(=O)N1CCOc2ccccc2C1. The summed E-state index contributed by atoms with van der Waals surface area (Å²) in [5, 5.41) is 1.53. The summed E-state index contributed by atoms with van der Waals surface area (Å²) in [7, 11) is 0. The van der Waals surface area contributed by atoms with Crippen molar-refractivity contribution < 1.29 is 14.3 Å². The van der Waals surface area contributed by atoms with E-state index < -0.39 is 17.3 Å². The molecule has 0 aromatic heterocycles. The van der Waals surface area contributed by atoms with E-state index >= 15 is 0 Å². The van der Waals surface area contributed by atoms with Crippen LogP contribution in [0.1, 0.15) is 12.5 Å². The van der Waals surface area contributed by atoms with Gasteiger partial charge in [0, 0.05) is 5.56 Å². The number of amides is 3. The Morgan fingerprint density at radius 1 is 1.42 bits per heavy atom. The predicted molar refractivity (Wildman–Crippen MR) is 71.2 cm³/mol. The molecule has 0 spiro atoms. The van der Waals surface area contributed by atoms with Crippen molar-refractivity contribution in [2.24, 2.45) is 0 Å². The number of alkyl halides is 1. The molecule has 0 bridgehead atoms. The molecule has 6 heteroatoms. The average molecular weight is 283 g/mol. The third-order valence-electron chi connectivity index (χ3n) is 2.83. The van der Waals surface area contributed by atoms with Gasteiger partial charge in [0.1, 0.15) is 17.7 Å². The van der Waals surface area contributed by atoms with E-state index in [1.165, 1.54) is 11.8 Å². The topological polar surface area (TPSA) is 58.6 Å². The first-order chi connectivity index (χ1) is 9.08. The van der Waals surface area contributed by atoms with E-state index in [2.05, 4.69) is 5.32 Å². The lowest BCUT2D eigenvalue weighted by molar-refractivity contribution is -0.119. The zero-order chi connectivity index (χ0) is 13.8. The van der Waals surface area contributed by atoms with Crippen molar-refractivity contribution in [2.45, 2.75) is 18.8 Å². The molecule has 1 unspecified atom stereocenters. The predicted octanol–water partition coefficient (Wildman–Crippen LogP) is 1.74. The zero-order valence-electron chi connectivity index (χ0n) is 10.6. The molecule has 1 aromatic carbocycles. The minimum atomic E-state index is -0.737. The molecule has 19 heavy (non-hydrogen) atoms. The van der Waals surface area contributed by atoms with Crippen LogP contribution in [-0.2, 0) is 11.3 Å². The highest BCUT2D eigenvalue weighted by molar-refractivity contribution is 6.31. The Labute approximate surface area is 116 Å². The first-order valence-corrected chi connectivity index (χ1v) is 6.46. The summed E-state index contributed by atoms with van der Waals surface area (Å²) < 4.78 is 5.55. The Balaban J connectivity index is 2.06. The first-order valence-electron chi connectivity index (χ1n) is 6.02. The molecular formula is C13H15ClN2O3. The molecular weight excluding hydrogens is 268 g/mol. The van der Waals surface area contributed by atoms with Crippen LogP contribution in [0.25, 0.3) is 0 Å². The second-order valence-electron chi connectivity index (χ2n) is 4.29. The summed E-state index contributed by atoms with van der Waals surface area (Å²) in [5.41, 5.74) is 0.918. The number of para-hydroxylation sites is 1. The quantitative estimate of drug-likeness (QED) is 0.798. The van der Waals surface area contributed by atoms with Crippen molar-refractivity contribution in [1.82, 2.24) is 10.2 Å². The fourth-order valence-corrected chi connectivity index (χ4v) is 1.84. The average Bonchev–Trinajstić information content (AvgIpc) is 2.60. The number of hydrogen-bond donors (Lipinski definition) is 1. The second kappa shape index (κ2) is 5.93. The first kappa shape index (κ1) is 13.7. The molecule has 1 N–H and O–H groups in total. The summed E-state index contributed by atoms with van der Waals surface area (Å²) in [6.07, 6.45) is 0. The van der Waals surface area contributed by atoms with Crippen molar-refractivity contribution >= 4 is 23.5 Å². The van der Waals surface area contributed by atoms with Crippen LogP contribution in [0.15, 0.2) is 24.3 Å². The molecule has 1 aromatic rings. The standard InChI is InChI=1S/C13H15ClN2O3/c1-9(14)12(17)15-13(18)16-6-7-19-11-5-3-2-4-10(11)8-16/h2-5,9H,6-8H2,1H3,(H,15,17,18). The number of imide groups is 1. The number of nitrogens with one attached hydrogen (secondary N) is 1. The third kappa shape index (κ3) is 3.38. The minimum absolute atomic E-state index is 0.398. The summed E-state index contributed by atoms with van der Waals surface area (Å²) in [5.74, 6) is 0.278. The second-order valence-corrected chi connectivity index (χ2v) is 4.94. The van der Waals surface area contributed by atoms with Crippen LogP contribution in [-0.4, -0.2) is 35.4 Å². The largest absolute Gasteiger partial charge is 0.491 e. The lowest BCUT2D eigenvalue weighted by atomic mass is 10.2. The number of benzene rings is 1. The van der Waals surface area contributed by atoms with Crippen LogP contribution in [0.3, 0.4) is 0 Å². The van der Waals surface area contributed by atoms with Gasteiger partial charge in [-0.25, -0.2) is 4.79 Å². The smallest absolute Gasteiger partial charge is 0.324 e. The van der Waals surface area contributed by atoms with Gasteiger partial charge in [0.05, 0.1) is 13.1 Å². The van der Waals surface area contributed by atoms with Crippen molar-refractivity contribution in [1.29, 1.82) is 0 Å². The Kier molecular flexibility index (Phi) is 4.27. The fraction of sp³-hybridized carbons (Fsp3) is 0.385. The van der Waals surface area contributed by atoms with E-state index in [1.807, 2.05) is 24.3 Å². The van der Waals surface area contributed by atoms with Gasteiger partial charge in [0.15, 0.2) is 0 Å². The highest BCUT2D eigenvalue weighted by atomic mass is 35.5. The van der Waals surface area contributed by atoms with Gasteiger partial charge in [0.2, 0.25) is 5.91 Å². The van der Waals surface area contributed by atoms with Crippen LogP contribution >= 0.6 is 11.6 Å². The lowest BCUT2D eigenvalue weighted by Gasteiger charge is -2.20. The number of fused-ring (bicyclic) bond motifs is 1. The van der Waals surface area contributed by atoms with Crippen molar-refractivity contribution in [3.05, 3.63) is 29.8 Å². The number of halogens is 1. The lowest BCUT2D eigenvalue weighted by Crippen LogP contribution is -2.45. The highest BCUT2D eigenvalue weighted by Gasteiger charge is 2.22. The van der Waals surface area contributed by atoms with E-state index in [0.29, 0.717) is 19.7 Å². The Morgan fingerprint density at radius 2 is 2.16 bits per heavy atom. The van der Waals surface area contributed by atoms with Crippen LogP contribution in [0.5, 0.6) is 5.75 Å². The number of ether oxygens (including phenoxy) is 1. The van der Waals surface area contributed by atoms with Crippen molar-refractivity contribution in [3.63, 3.8) is 0 Å². The molecule has 0 aliphatic carbocycles. The molecule has 102 valence electrons. The van der Waals surface area contributed by atoms with Gasteiger partial charge in [-0.05, 0) is 13.0 Å². The van der Waals surface area contributed by atoms with Crippen LogP contribution in [0.4, 0.5) is 4.79 Å². The van der Waals surface area contributed by atoms with Crippen molar-refractivity contribution in [2.75, 3.05) is 13.2 Å². The van der Waals surface area contributed by atoms with Gasteiger partial charge in [-0.15, -0.1) is 11.6 Å². The molecule has 2 rings (SSSR count). The van der Waals surface area contributed by atoms with Gasteiger partial charge in [-0.3, -0.25) is 10.1 Å². The molecule has 1 heterocycles. The third-order valence-corrected chi connectivity index (χ3v) is 3.03.